The van der Waals surface area contributed by atoms with Gasteiger partial charge in [-0.2, -0.15) is 0 Å². The Morgan fingerprint density at radius 2 is 1.22 bits per heavy atom. The maximum atomic E-state index is 11.1. The highest BCUT2D eigenvalue weighted by molar-refractivity contribution is 5.70. The van der Waals surface area contributed by atoms with Gasteiger partial charge in [-0.15, -0.1) is 0 Å². The second-order valence-electron chi connectivity index (χ2n) is 10.9. The first-order chi connectivity index (χ1) is 17.2. The molecule has 0 aromatic rings. The number of aliphatic hydroxyl groups is 5. The van der Waals surface area contributed by atoms with E-state index in [1.54, 1.807) is 44.2 Å². The zero-order valence-electron chi connectivity index (χ0n) is 24.0. The van der Waals surface area contributed by atoms with E-state index in [-0.39, 0.29) is 30.3 Å². The highest BCUT2D eigenvalue weighted by Crippen LogP contribution is 2.22. The largest absolute Gasteiger partial charge is 0.481 e. The van der Waals surface area contributed by atoms with Crippen molar-refractivity contribution < 1.29 is 35.4 Å². The minimum Gasteiger partial charge on any atom is -0.481 e. The third kappa shape index (κ3) is 13.0. The van der Waals surface area contributed by atoms with E-state index in [9.17, 15) is 30.3 Å². The maximum absolute atomic E-state index is 11.1. The van der Waals surface area contributed by atoms with Crippen molar-refractivity contribution in [1.29, 1.82) is 0 Å². The first kappa shape index (κ1) is 35.2. The summed E-state index contributed by atoms with van der Waals surface area (Å²) in [5, 5.41) is 60.6. The summed E-state index contributed by atoms with van der Waals surface area (Å²) in [5.41, 5.74) is 1.28. The predicted octanol–water partition coefficient (Wildman–Crippen LogP) is 4.11. The zero-order chi connectivity index (χ0) is 28.9. The van der Waals surface area contributed by atoms with Crippen molar-refractivity contribution in [1.82, 2.24) is 0 Å². The van der Waals surface area contributed by atoms with E-state index < -0.39 is 36.3 Å². The Balaban J connectivity index is 5.07. The minimum atomic E-state index is -1.13. The van der Waals surface area contributed by atoms with Crippen LogP contribution in [0, 0.1) is 35.5 Å². The lowest BCUT2D eigenvalue weighted by atomic mass is 9.89. The fraction of sp³-hybridized carbons (Fsp3) is 0.700. The molecule has 7 nitrogen and oxygen atoms in total. The van der Waals surface area contributed by atoms with Gasteiger partial charge in [0.25, 0.3) is 0 Å². The molecular weight excluding hydrogens is 472 g/mol. The molecule has 0 amide bonds. The number of aliphatic hydroxyl groups excluding tert-OH is 5. The van der Waals surface area contributed by atoms with Crippen molar-refractivity contribution in [3.05, 3.63) is 47.6 Å². The van der Waals surface area contributed by atoms with E-state index in [0.717, 1.165) is 18.4 Å². The number of hydrogen-bond donors (Lipinski definition) is 6. The van der Waals surface area contributed by atoms with Crippen LogP contribution in [0.2, 0.25) is 0 Å². The normalized spacial score (nSPS) is 21.8. The Hall–Kier alpha value is -1.77. The Bertz CT molecular complexity index is 785. The molecule has 0 aliphatic carbocycles. The maximum Gasteiger partial charge on any atom is 0.309 e. The van der Waals surface area contributed by atoms with Crippen molar-refractivity contribution in [3.8, 4) is 0 Å². The van der Waals surface area contributed by atoms with Crippen LogP contribution in [0.3, 0.4) is 0 Å². The van der Waals surface area contributed by atoms with E-state index in [4.69, 9.17) is 5.11 Å². The average molecular weight is 525 g/mol. The molecule has 0 heterocycles. The number of aliphatic carboxylic acids is 1. The molecule has 0 aromatic carbocycles. The van der Waals surface area contributed by atoms with Gasteiger partial charge in [0.2, 0.25) is 0 Å². The second-order valence-corrected chi connectivity index (χ2v) is 10.9. The van der Waals surface area contributed by atoms with Gasteiger partial charge in [0, 0.05) is 30.3 Å². The van der Waals surface area contributed by atoms with E-state index in [1.807, 2.05) is 26.8 Å². The Kier molecular flexibility index (Phi) is 16.8. The molecule has 6 N–H and O–H groups in total. The summed E-state index contributed by atoms with van der Waals surface area (Å²) in [5.74, 6) is -2.42. The highest BCUT2D eigenvalue weighted by Gasteiger charge is 2.23. The minimum absolute atomic E-state index is 0.00724. The molecule has 0 saturated heterocycles. The predicted molar refractivity (Wildman–Crippen MR) is 149 cm³/mol. The summed E-state index contributed by atoms with van der Waals surface area (Å²) in [7, 11) is 0. The number of carbonyl (C=O) groups is 1. The molecule has 0 aliphatic heterocycles. The van der Waals surface area contributed by atoms with Gasteiger partial charge in [-0.1, -0.05) is 77.5 Å². The topological polar surface area (TPSA) is 138 Å². The lowest BCUT2D eigenvalue weighted by Crippen LogP contribution is -2.27. The molecule has 0 rings (SSSR count). The number of rotatable bonds is 17. The molecule has 37 heavy (non-hydrogen) atoms. The van der Waals surface area contributed by atoms with Gasteiger partial charge < -0.3 is 30.6 Å². The number of hydrogen-bond acceptors (Lipinski definition) is 6. The van der Waals surface area contributed by atoms with Crippen LogP contribution in [-0.2, 0) is 4.79 Å². The van der Waals surface area contributed by atoms with Crippen LogP contribution in [0.25, 0.3) is 0 Å². The standard InChI is InChI=1S/C30H52O7/c1-9-18(2)14-25(17-31)16-23(7)28(34)20(4)11-13-26(32)19(3)10-12-27(33)21(5)15-22(6)29(35)24(8)30(36)37/h10-13,15-16,18-21,24-29,31-35H,9,14,17H2,1-8H3,(H,36,37)/b12-10+,13-11+,22-15+,23-16+. The van der Waals surface area contributed by atoms with Crippen molar-refractivity contribution in [3.63, 3.8) is 0 Å². The fourth-order valence-electron chi connectivity index (χ4n) is 4.05. The molecule has 7 heteroatoms. The van der Waals surface area contributed by atoms with Crippen LogP contribution >= 0.6 is 0 Å². The van der Waals surface area contributed by atoms with Crippen LogP contribution in [0.5, 0.6) is 0 Å². The van der Waals surface area contributed by atoms with Crippen LogP contribution in [-0.4, -0.2) is 67.6 Å². The van der Waals surface area contributed by atoms with Crippen molar-refractivity contribution in [2.45, 2.75) is 92.6 Å². The summed E-state index contributed by atoms with van der Waals surface area (Å²) in [6.07, 6.45) is 8.67. The van der Waals surface area contributed by atoms with Gasteiger partial charge in [0.05, 0.1) is 30.3 Å². The van der Waals surface area contributed by atoms with E-state index in [1.165, 1.54) is 6.92 Å². The van der Waals surface area contributed by atoms with Crippen molar-refractivity contribution in [2.75, 3.05) is 6.61 Å². The lowest BCUT2D eigenvalue weighted by molar-refractivity contribution is -0.144. The summed E-state index contributed by atoms with van der Waals surface area (Å²) in [4.78, 5) is 11.1. The Labute approximate surface area is 223 Å². The van der Waals surface area contributed by atoms with E-state index in [0.29, 0.717) is 11.5 Å². The molecule has 0 fully saturated rings. The van der Waals surface area contributed by atoms with Crippen molar-refractivity contribution in [2.24, 2.45) is 35.5 Å². The smallest absolute Gasteiger partial charge is 0.309 e. The molecule has 10 atom stereocenters. The fourth-order valence-corrected chi connectivity index (χ4v) is 4.05. The summed E-state index contributed by atoms with van der Waals surface area (Å²) < 4.78 is 0. The summed E-state index contributed by atoms with van der Waals surface area (Å²) >= 11 is 0. The second kappa shape index (κ2) is 17.7. The third-order valence-corrected chi connectivity index (χ3v) is 7.26. The molecule has 214 valence electrons. The highest BCUT2D eigenvalue weighted by atomic mass is 16.4. The molecule has 0 spiro atoms. The van der Waals surface area contributed by atoms with Crippen LogP contribution in [0.15, 0.2) is 47.6 Å². The van der Waals surface area contributed by atoms with Gasteiger partial charge in [-0.3, -0.25) is 4.79 Å². The average Bonchev–Trinajstić information content (AvgIpc) is 2.87. The first-order valence-corrected chi connectivity index (χ1v) is 13.4. The van der Waals surface area contributed by atoms with Gasteiger partial charge >= 0.3 is 5.97 Å². The molecule has 10 unspecified atom stereocenters. The molecule has 0 radical (unpaired) electrons. The Morgan fingerprint density at radius 1 is 0.730 bits per heavy atom. The zero-order valence-corrected chi connectivity index (χ0v) is 24.0. The first-order valence-electron chi connectivity index (χ1n) is 13.4. The molecule has 0 aromatic heterocycles. The van der Waals surface area contributed by atoms with Crippen LogP contribution in [0.4, 0.5) is 0 Å². The number of carboxylic acid groups (broad SMARTS) is 1. The van der Waals surface area contributed by atoms with Gasteiger partial charge in [-0.25, -0.2) is 0 Å². The molecular formula is C30H52O7. The molecule has 0 aliphatic rings. The quantitative estimate of drug-likeness (QED) is 0.157. The third-order valence-electron chi connectivity index (χ3n) is 7.26. The lowest BCUT2D eigenvalue weighted by Gasteiger charge is -2.21. The van der Waals surface area contributed by atoms with Crippen LogP contribution in [0.1, 0.15) is 68.2 Å². The van der Waals surface area contributed by atoms with Gasteiger partial charge in [0.15, 0.2) is 0 Å². The molecule has 0 bridgehead atoms. The number of carboxylic acids is 1. The summed E-state index contributed by atoms with van der Waals surface area (Å²) in [6, 6.07) is 0. The van der Waals surface area contributed by atoms with Gasteiger partial charge in [0.1, 0.15) is 0 Å². The van der Waals surface area contributed by atoms with Crippen molar-refractivity contribution >= 4 is 5.97 Å². The monoisotopic (exact) mass is 524 g/mol. The van der Waals surface area contributed by atoms with E-state index >= 15 is 0 Å². The van der Waals surface area contributed by atoms with E-state index in [2.05, 4.69) is 13.8 Å². The molecule has 0 saturated carbocycles. The van der Waals surface area contributed by atoms with Gasteiger partial charge in [-0.05, 0) is 44.3 Å². The Morgan fingerprint density at radius 3 is 1.70 bits per heavy atom. The van der Waals surface area contributed by atoms with Crippen LogP contribution < -0.4 is 0 Å². The summed E-state index contributed by atoms with van der Waals surface area (Å²) in [6.45, 7) is 14.7. The SMILES string of the molecule is CCC(C)CC(/C=C(\C)C(O)C(C)/C=C/C(O)C(C)/C=C/C(O)C(C)/C=C(\C)C(O)C(C)C(=O)O)CO.